The van der Waals surface area contributed by atoms with Crippen LogP contribution in [-0.4, -0.2) is 39.5 Å². The molecule has 0 aliphatic carbocycles. The topological polar surface area (TPSA) is 80.3 Å². The molecule has 1 heterocycles. The summed E-state index contributed by atoms with van der Waals surface area (Å²) < 4.78 is 16.7. The van der Waals surface area contributed by atoms with Crippen LogP contribution in [-0.2, 0) is 0 Å². The molecule has 8 heteroatoms. The Morgan fingerprint density at radius 1 is 0.821 bits per heavy atom. The van der Waals surface area contributed by atoms with Crippen LogP contribution in [0.15, 0.2) is 72.8 Å². The molecular formula is C31H30N2O5S. The predicted octanol–water partition coefficient (Wildman–Crippen LogP) is 7.19. The van der Waals surface area contributed by atoms with Gasteiger partial charge in [-0.25, -0.2) is 4.79 Å². The average molecular weight is 543 g/mol. The van der Waals surface area contributed by atoms with Crippen LogP contribution in [0.25, 0.3) is 24.3 Å². The summed E-state index contributed by atoms with van der Waals surface area (Å²) in [6.07, 6.45) is 7.84. The first-order valence-corrected chi connectivity index (χ1v) is 12.9. The van der Waals surface area contributed by atoms with E-state index in [1.54, 1.807) is 48.8 Å². The lowest BCUT2D eigenvalue weighted by Gasteiger charge is -2.11. The summed E-state index contributed by atoms with van der Waals surface area (Å²) in [5.74, 6) is 0.812. The molecular weight excluding hydrogens is 512 g/mol. The molecule has 3 aromatic carbocycles. The number of benzene rings is 3. The van der Waals surface area contributed by atoms with Gasteiger partial charge in [0.15, 0.2) is 0 Å². The van der Waals surface area contributed by atoms with Crippen LogP contribution in [0.4, 0.5) is 10.7 Å². The normalized spacial score (nSPS) is 11.1. The van der Waals surface area contributed by atoms with Crippen molar-refractivity contribution in [2.45, 2.75) is 0 Å². The van der Waals surface area contributed by atoms with Crippen LogP contribution in [0, 0.1) is 0 Å². The van der Waals surface area contributed by atoms with Gasteiger partial charge >= 0.3 is 5.97 Å². The minimum atomic E-state index is -0.529. The van der Waals surface area contributed by atoms with Crippen molar-refractivity contribution < 1.29 is 24.2 Å². The summed E-state index contributed by atoms with van der Waals surface area (Å²) in [5, 5.41) is 10.1. The molecule has 7 nitrogen and oxygen atoms in total. The van der Waals surface area contributed by atoms with Crippen LogP contribution in [0.5, 0.6) is 17.2 Å². The van der Waals surface area contributed by atoms with Gasteiger partial charge in [-0.1, -0.05) is 36.4 Å². The van der Waals surface area contributed by atoms with Gasteiger partial charge in [-0.15, -0.1) is 11.3 Å². The Bertz CT molecular complexity index is 1490. The van der Waals surface area contributed by atoms with Gasteiger partial charge in [-0.3, -0.25) is 10.7 Å². The fourth-order valence-corrected chi connectivity index (χ4v) is 4.57. The van der Waals surface area contributed by atoms with Gasteiger partial charge in [0.05, 0.1) is 24.9 Å². The zero-order chi connectivity index (χ0) is 27.8. The fraction of sp³-hybridized carbons (Fsp3) is 0.129. The van der Waals surface area contributed by atoms with Crippen molar-refractivity contribution in [1.82, 2.24) is 0 Å². The molecule has 4 rings (SSSR count). The van der Waals surface area contributed by atoms with Gasteiger partial charge in [0.25, 0.3) is 0 Å². The number of ether oxygens (including phenoxy) is 3. The Morgan fingerprint density at radius 2 is 1.54 bits per heavy atom. The molecule has 0 aliphatic rings. The minimum Gasteiger partial charge on any atom is -0.496 e. The number of methoxy groups -OCH3 is 2. The highest BCUT2D eigenvalue weighted by molar-refractivity contribution is 7.16. The summed E-state index contributed by atoms with van der Waals surface area (Å²) in [4.78, 5) is 16.2. The average Bonchev–Trinajstić information content (AvgIpc) is 3.45. The molecule has 0 saturated carbocycles. The number of hydrogen-bond acceptors (Lipinski definition) is 8. The second-order valence-electron chi connectivity index (χ2n) is 8.72. The lowest BCUT2D eigenvalue weighted by Crippen LogP contribution is -2.10. The van der Waals surface area contributed by atoms with Crippen molar-refractivity contribution in [3.05, 3.63) is 99.9 Å². The van der Waals surface area contributed by atoms with E-state index in [9.17, 15) is 4.79 Å². The first kappa shape index (κ1) is 27.5. The highest BCUT2D eigenvalue weighted by Gasteiger charge is 2.16. The maximum Gasteiger partial charge on any atom is 0.347 e. The molecule has 0 aliphatic heterocycles. The van der Waals surface area contributed by atoms with Crippen LogP contribution < -0.4 is 24.6 Å². The molecule has 0 amide bonds. The zero-order valence-corrected chi connectivity index (χ0v) is 23.0. The van der Waals surface area contributed by atoms with Gasteiger partial charge in [-0.05, 0) is 65.7 Å². The van der Waals surface area contributed by atoms with Gasteiger partial charge in [-0.2, -0.15) is 0 Å². The number of nitrogens with zero attached hydrogens (tertiary/aromatic N) is 1. The SMILES string of the molecule is COc1cc(OC(=O)c2ccc(/C=C/c3ccc(N(C)C)s3)cc2OC)ccc1/C=C/c1ccc(NO)cc1. The molecule has 1 aromatic heterocycles. The fourth-order valence-electron chi connectivity index (χ4n) is 3.74. The van der Waals surface area contributed by atoms with Crippen LogP contribution in [0.3, 0.4) is 0 Å². The number of carbonyl (C=O) groups excluding carboxylic acids is 1. The third-order valence-corrected chi connectivity index (χ3v) is 7.07. The molecule has 0 bridgehead atoms. The monoisotopic (exact) mass is 542 g/mol. The summed E-state index contributed by atoms with van der Waals surface area (Å²) in [5.41, 5.74) is 5.71. The van der Waals surface area contributed by atoms with E-state index in [1.807, 2.05) is 68.7 Å². The van der Waals surface area contributed by atoms with E-state index in [-0.39, 0.29) is 0 Å². The number of carbonyl (C=O) groups is 1. The highest BCUT2D eigenvalue weighted by Crippen LogP contribution is 2.30. The minimum absolute atomic E-state index is 0.324. The summed E-state index contributed by atoms with van der Waals surface area (Å²) in [6, 6.07) is 22.0. The third kappa shape index (κ3) is 7.07. The van der Waals surface area contributed by atoms with Crippen molar-refractivity contribution in [2.75, 3.05) is 38.7 Å². The number of hydrogen-bond donors (Lipinski definition) is 2. The standard InChI is InChI=1S/C31H30N2O5S/c1-33(2)30-18-16-26(39-30)15-8-22-9-17-27(29(19-22)37-4)31(34)38-25-14-11-23(28(20-25)36-3)10-5-21-6-12-24(32-35)13-7-21/h5-20,32,35H,1-4H3/b10-5+,15-8+. The number of nitrogens with one attached hydrogen (secondary N) is 1. The smallest absolute Gasteiger partial charge is 0.347 e. The van der Waals surface area contributed by atoms with Gasteiger partial charge in [0.1, 0.15) is 22.8 Å². The lowest BCUT2D eigenvalue weighted by atomic mass is 10.1. The first-order valence-electron chi connectivity index (χ1n) is 12.1. The Labute approximate surface area is 232 Å². The van der Waals surface area contributed by atoms with Crippen molar-refractivity contribution >= 4 is 52.3 Å². The van der Waals surface area contributed by atoms with Crippen molar-refractivity contribution in [3.8, 4) is 17.2 Å². The molecule has 2 N–H and O–H groups in total. The Hall–Kier alpha value is -4.53. The molecule has 0 radical (unpaired) electrons. The van der Waals surface area contributed by atoms with E-state index in [4.69, 9.17) is 19.4 Å². The van der Waals surface area contributed by atoms with Crippen LogP contribution in [0.1, 0.15) is 31.9 Å². The molecule has 200 valence electrons. The number of thiophene rings is 1. The highest BCUT2D eigenvalue weighted by atomic mass is 32.1. The van der Waals surface area contributed by atoms with E-state index in [0.29, 0.717) is 28.5 Å². The lowest BCUT2D eigenvalue weighted by molar-refractivity contribution is 0.0731. The molecule has 0 atom stereocenters. The maximum absolute atomic E-state index is 13.0. The number of anilines is 2. The molecule has 0 spiro atoms. The number of rotatable bonds is 10. The van der Waals surface area contributed by atoms with Crippen LogP contribution in [0.2, 0.25) is 0 Å². The van der Waals surface area contributed by atoms with Crippen molar-refractivity contribution in [2.24, 2.45) is 0 Å². The zero-order valence-electron chi connectivity index (χ0n) is 22.2. The molecule has 0 saturated heterocycles. The number of esters is 1. The molecule has 39 heavy (non-hydrogen) atoms. The second-order valence-corrected chi connectivity index (χ2v) is 9.82. The van der Waals surface area contributed by atoms with Crippen LogP contribution >= 0.6 is 11.3 Å². The predicted molar refractivity (Wildman–Crippen MR) is 159 cm³/mol. The van der Waals surface area contributed by atoms with E-state index in [0.717, 1.165) is 21.6 Å². The summed E-state index contributed by atoms with van der Waals surface area (Å²) >= 11 is 1.70. The second kappa shape index (κ2) is 12.8. The van der Waals surface area contributed by atoms with Gasteiger partial charge < -0.3 is 19.1 Å². The van der Waals surface area contributed by atoms with E-state index in [1.165, 1.54) is 12.1 Å². The van der Waals surface area contributed by atoms with E-state index < -0.39 is 5.97 Å². The van der Waals surface area contributed by atoms with E-state index in [2.05, 4.69) is 22.5 Å². The van der Waals surface area contributed by atoms with Gasteiger partial charge in [0, 0.05) is 30.6 Å². The first-order chi connectivity index (χ1) is 18.9. The Balaban J connectivity index is 1.46. The van der Waals surface area contributed by atoms with E-state index >= 15 is 0 Å². The quantitative estimate of drug-likeness (QED) is 0.0950. The molecule has 0 unspecified atom stereocenters. The van der Waals surface area contributed by atoms with Gasteiger partial charge in [0.2, 0.25) is 0 Å². The third-order valence-electron chi connectivity index (χ3n) is 5.85. The molecule has 4 aromatic rings. The van der Waals surface area contributed by atoms with Crippen molar-refractivity contribution in [3.63, 3.8) is 0 Å². The maximum atomic E-state index is 13.0. The van der Waals surface area contributed by atoms with Crippen molar-refractivity contribution in [1.29, 1.82) is 0 Å². The Kier molecular flexibility index (Phi) is 9.04. The Morgan fingerprint density at radius 3 is 2.21 bits per heavy atom. The largest absolute Gasteiger partial charge is 0.496 e. The summed E-state index contributed by atoms with van der Waals surface area (Å²) in [7, 11) is 7.12. The summed E-state index contributed by atoms with van der Waals surface area (Å²) in [6.45, 7) is 0. The molecule has 0 fully saturated rings.